The molecule has 0 bridgehead atoms. The second-order valence-corrected chi connectivity index (χ2v) is 2.31. The lowest BCUT2D eigenvalue weighted by Crippen LogP contribution is -1.87. The van der Waals surface area contributed by atoms with Crippen molar-refractivity contribution in [2.45, 2.75) is 6.92 Å². The van der Waals surface area contributed by atoms with E-state index in [1.165, 1.54) is 6.26 Å². The zero-order chi connectivity index (χ0) is 9.52. The SMILES string of the molecule is CCO/C=C(/C#N)c1ccccn1. The molecule has 1 aromatic heterocycles. The number of nitriles is 1. The summed E-state index contributed by atoms with van der Waals surface area (Å²) in [6, 6.07) is 7.44. The number of aromatic nitrogens is 1. The summed E-state index contributed by atoms with van der Waals surface area (Å²) < 4.78 is 5.02. The van der Waals surface area contributed by atoms with E-state index in [1.54, 1.807) is 18.3 Å². The molecule has 0 aliphatic carbocycles. The Hall–Kier alpha value is -1.82. The average molecular weight is 174 g/mol. The van der Waals surface area contributed by atoms with Gasteiger partial charge in [0.15, 0.2) is 0 Å². The maximum atomic E-state index is 8.77. The molecule has 66 valence electrons. The molecule has 0 amide bonds. The minimum absolute atomic E-state index is 0.447. The Bertz CT molecular complexity index is 325. The van der Waals surface area contributed by atoms with Crippen LogP contribution in [0.15, 0.2) is 30.7 Å². The van der Waals surface area contributed by atoms with E-state index in [0.29, 0.717) is 17.9 Å². The number of rotatable bonds is 3. The monoisotopic (exact) mass is 174 g/mol. The molecule has 13 heavy (non-hydrogen) atoms. The van der Waals surface area contributed by atoms with E-state index in [2.05, 4.69) is 4.98 Å². The molecule has 0 aromatic carbocycles. The highest BCUT2D eigenvalue weighted by Gasteiger charge is 1.99. The molecule has 3 heteroatoms. The molecule has 0 atom stereocenters. The van der Waals surface area contributed by atoms with Crippen LogP contribution in [-0.2, 0) is 4.74 Å². The first-order valence-corrected chi connectivity index (χ1v) is 4.01. The van der Waals surface area contributed by atoms with Gasteiger partial charge in [0, 0.05) is 6.20 Å². The van der Waals surface area contributed by atoms with Gasteiger partial charge in [-0.3, -0.25) is 4.98 Å². The van der Waals surface area contributed by atoms with Crippen molar-refractivity contribution in [3.63, 3.8) is 0 Å². The van der Waals surface area contributed by atoms with E-state index in [4.69, 9.17) is 10.00 Å². The van der Waals surface area contributed by atoms with Crippen LogP contribution in [0.4, 0.5) is 0 Å². The molecule has 0 spiro atoms. The van der Waals surface area contributed by atoms with Crippen LogP contribution in [-0.4, -0.2) is 11.6 Å². The summed E-state index contributed by atoms with van der Waals surface area (Å²) in [5.74, 6) is 0. The number of hydrogen-bond acceptors (Lipinski definition) is 3. The first-order valence-electron chi connectivity index (χ1n) is 4.01. The molecule has 0 fully saturated rings. The minimum atomic E-state index is 0.447. The number of pyridine rings is 1. The van der Waals surface area contributed by atoms with Crippen molar-refractivity contribution in [1.29, 1.82) is 5.26 Å². The van der Waals surface area contributed by atoms with E-state index in [0.717, 1.165) is 0 Å². The zero-order valence-corrected chi connectivity index (χ0v) is 7.40. The second kappa shape index (κ2) is 4.94. The molecular weight excluding hydrogens is 164 g/mol. The number of hydrogen-bond donors (Lipinski definition) is 0. The van der Waals surface area contributed by atoms with Gasteiger partial charge in [-0.25, -0.2) is 0 Å². The molecular formula is C10H10N2O. The first-order chi connectivity index (χ1) is 6.38. The molecule has 0 unspecified atom stereocenters. The van der Waals surface area contributed by atoms with Crippen LogP contribution in [0.5, 0.6) is 0 Å². The van der Waals surface area contributed by atoms with Crippen LogP contribution in [0.2, 0.25) is 0 Å². The van der Waals surface area contributed by atoms with Crippen molar-refractivity contribution in [2.24, 2.45) is 0 Å². The lowest BCUT2D eigenvalue weighted by atomic mass is 10.2. The molecule has 3 nitrogen and oxygen atoms in total. The van der Waals surface area contributed by atoms with Crippen molar-refractivity contribution in [1.82, 2.24) is 4.98 Å². The standard InChI is InChI=1S/C10H10N2O/c1-2-13-8-9(7-11)10-5-3-4-6-12-10/h3-6,8H,2H2,1H3/b9-8-. The van der Waals surface area contributed by atoms with E-state index in [1.807, 2.05) is 19.1 Å². The first kappa shape index (κ1) is 9.27. The fourth-order valence-corrected chi connectivity index (χ4v) is 0.833. The summed E-state index contributed by atoms with van der Waals surface area (Å²) in [7, 11) is 0. The fraction of sp³-hybridized carbons (Fsp3) is 0.200. The lowest BCUT2D eigenvalue weighted by molar-refractivity contribution is 0.271. The molecule has 0 N–H and O–H groups in total. The van der Waals surface area contributed by atoms with Gasteiger partial charge in [-0.05, 0) is 19.1 Å². The van der Waals surface area contributed by atoms with Crippen molar-refractivity contribution in [3.8, 4) is 6.07 Å². The van der Waals surface area contributed by atoms with Gasteiger partial charge in [0.1, 0.15) is 17.9 Å². The van der Waals surface area contributed by atoms with Gasteiger partial charge >= 0.3 is 0 Å². The maximum Gasteiger partial charge on any atom is 0.112 e. The number of nitrogens with zero attached hydrogens (tertiary/aromatic N) is 2. The van der Waals surface area contributed by atoms with Gasteiger partial charge in [0.2, 0.25) is 0 Å². The topological polar surface area (TPSA) is 45.9 Å². The van der Waals surface area contributed by atoms with E-state index < -0.39 is 0 Å². The van der Waals surface area contributed by atoms with Gasteiger partial charge in [-0.2, -0.15) is 5.26 Å². The van der Waals surface area contributed by atoms with Gasteiger partial charge < -0.3 is 4.74 Å². The van der Waals surface area contributed by atoms with Gasteiger partial charge in [-0.1, -0.05) is 6.07 Å². The second-order valence-electron chi connectivity index (χ2n) is 2.31. The Morgan fingerprint density at radius 3 is 3.08 bits per heavy atom. The van der Waals surface area contributed by atoms with Crippen molar-refractivity contribution >= 4 is 5.57 Å². The van der Waals surface area contributed by atoms with Crippen molar-refractivity contribution < 1.29 is 4.74 Å². The Kier molecular flexibility index (Phi) is 3.52. The van der Waals surface area contributed by atoms with Gasteiger partial charge in [0.25, 0.3) is 0 Å². The van der Waals surface area contributed by atoms with Crippen LogP contribution >= 0.6 is 0 Å². The minimum Gasteiger partial charge on any atom is -0.500 e. The van der Waals surface area contributed by atoms with Gasteiger partial charge in [0.05, 0.1) is 12.3 Å². The Balaban J connectivity index is 2.87. The van der Waals surface area contributed by atoms with E-state index in [-0.39, 0.29) is 0 Å². The summed E-state index contributed by atoms with van der Waals surface area (Å²) in [5.41, 5.74) is 1.08. The molecule has 0 radical (unpaired) electrons. The fourth-order valence-electron chi connectivity index (χ4n) is 0.833. The summed E-state index contributed by atoms with van der Waals surface area (Å²) in [6.07, 6.45) is 3.08. The van der Waals surface area contributed by atoms with Crippen LogP contribution in [0, 0.1) is 11.3 Å². The molecule has 0 aliphatic heterocycles. The Morgan fingerprint density at radius 1 is 1.69 bits per heavy atom. The lowest BCUT2D eigenvalue weighted by Gasteiger charge is -1.97. The summed E-state index contributed by atoms with van der Waals surface area (Å²) in [5, 5.41) is 8.77. The highest BCUT2D eigenvalue weighted by molar-refractivity contribution is 5.73. The maximum absolute atomic E-state index is 8.77. The third-order valence-electron chi connectivity index (χ3n) is 1.43. The normalized spacial score (nSPS) is 10.6. The highest BCUT2D eigenvalue weighted by Crippen LogP contribution is 2.09. The third-order valence-corrected chi connectivity index (χ3v) is 1.43. The van der Waals surface area contributed by atoms with Crippen molar-refractivity contribution in [2.75, 3.05) is 6.61 Å². The van der Waals surface area contributed by atoms with Crippen LogP contribution in [0.3, 0.4) is 0 Å². The molecule has 1 heterocycles. The van der Waals surface area contributed by atoms with E-state index >= 15 is 0 Å². The smallest absolute Gasteiger partial charge is 0.112 e. The number of ether oxygens (including phenoxy) is 1. The van der Waals surface area contributed by atoms with Crippen LogP contribution in [0.25, 0.3) is 5.57 Å². The summed E-state index contributed by atoms with van der Waals surface area (Å²) in [4.78, 5) is 4.03. The predicted molar refractivity (Wildman–Crippen MR) is 49.5 cm³/mol. The Labute approximate surface area is 77.3 Å². The molecule has 0 saturated heterocycles. The summed E-state index contributed by atoms with van der Waals surface area (Å²) in [6.45, 7) is 2.42. The molecule has 1 aromatic rings. The molecule has 0 saturated carbocycles. The van der Waals surface area contributed by atoms with E-state index in [9.17, 15) is 0 Å². The van der Waals surface area contributed by atoms with Gasteiger partial charge in [-0.15, -0.1) is 0 Å². The Morgan fingerprint density at radius 2 is 2.54 bits per heavy atom. The average Bonchev–Trinajstić information content (AvgIpc) is 2.21. The predicted octanol–water partition coefficient (Wildman–Crippen LogP) is 1.98. The van der Waals surface area contributed by atoms with Crippen molar-refractivity contribution in [3.05, 3.63) is 36.4 Å². The largest absolute Gasteiger partial charge is 0.500 e. The zero-order valence-electron chi connectivity index (χ0n) is 7.40. The molecule has 0 aliphatic rings. The third kappa shape index (κ3) is 2.60. The number of allylic oxidation sites excluding steroid dienone is 1. The quantitative estimate of drug-likeness (QED) is 0.520. The van der Waals surface area contributed by atoms with Crippen LogP contribution in [0.1, 0.15) is 12.6 Å². The summed E-state index contributed by atoms with van der Waals surface area (Å²) >= 11 is 0. The molecule has 1 rings (SSSR count). The highest BCUT2D eigenvalue weighted by atomic mass is 16.5. The van der Waals surface area contributed by atoms with Crippen LogP contribution < -0.4 is 0 Å².